The van der Waals surface area contributed by atoms with Crippen LogP contribution in [-0.2, 0) is 10.9 Å². The Kier molecular flexibility index (Phi) is 10.2. The second kappa shape index (κ2) is 13.1. The maximum atomic E-state index is 12.8. The number of benzene rings is 5. The van der Waals surface area contributed by atoms with Gasteiger partial charge in [0.25, 0.3) is 0 Å². The third-order valence-electron chi connectivity index (χ3n) is 5.86. The number of ketones is 1. The van der Waals surface area contributed by atoms with Crippen LogP contribution in [0.3, 0.4) is 0 Å². The summed E-state index contributed by atoms with van der Waals surface area (Å²) in [6, 6.07) is 40.1. The van der Waals surface area contributed by atoms with E-state index in [4.69, 9.17) is 23.2 Å². The van der Waals surface area contributed by atoms with Crippen molar-refractivity contribution in [3.8, 4) is 0 Å². The summed E-state index contributed by atoms with van der Waals surface area (Å²) in [6.07, 6.45) is 0. The van der Waals surface area contributed by atoms with Crippen LogP contribution in [0, 0.1) is 6.92 Å². The summed E-state index contributed by atoms with van der Waals surface area (Å²) < 4.78 is 59.6. The van der Waals surface area contributed by atoms with E-state index in [0.29, 0.717) is 11.1 Å². The minimum absolute atomic E-state index is 0.0426. The molecule has 0 unspecified atom stereocenters. The van der Waals surface area contributed by atoms with Crippen molar-refractivity contribution in [1.82, 2.24) is 0 Å². The third-order valence-corrected chi connectivity index (χ3v) is 9.78. The van der Waals surface area contributed by atoms with Crippen molar-refractivity contribution in [3.63, 3.8) is 0 Å². The molecule has 0 saturated heterocycles. The molecule has 0 spiro atoms. The van der Waals surface area contributed by atoms with Gasteiger partial charge in [0.15, 0.2) is 20.5 Å². The Bertz CT molecular complexity index is 1700. The summed E-state index contributed by atoms with van der Waals surface area (Å²) in [5.74, 6) is 0.0426. The van der Waals surface area contributed by atoms with Crippen LogP contribution in [-0.4, -0.2) is 25.3 Å². The standard InChI is InChI=1S/C32H23Cl2OS2.6FH.Sb/c1-22-21-24(32(35)23-5-3-2-4-6-23)7-20-31(22)36-27-12-18-30(19-13-27)37(28-14-8-25(33)9-15-28)29-16-10-26(34)11-17-29;;;;;;;/h2-21H,1H3;6*1H;/q+1;;;;;;;+5/p-6. The number of carbonyl (C=O) groups excluding carboxylic acids is 1. The van der Waals surface area contributed by atoms with E-state index in [2.05, 4.69) is 55.5 Å². The molecule has 0 heterocycles. The molecule has 12 heteroatoms. The molecule has 0 atom stereocenters. The summed E-state index contributed by atoms with van der Waals surface area (Å²) >= 11 is 2.78. The monoisotopic (exact) mass is 792 g/mol. The molecule has 1 nitrogen and oxygen atoms in total. The van der Waals surface area contributed by atoms with E-state index in [9.17, 15) is 21.7 Å². The molecule has 44 heavy (non-hydrogen) atoms. The van der Waals surface area contributed by atoms with Crippen LogP contribution in [0.4, 0.5) is 16.9 Å². The van der Waals surface area contributed by atoms with Gasteiger partial charge in [0.1, 0.15) is 0 Å². The van der Waals surface area contributed by atoms with Gasteiger partial charge in [0, 0.05) is 31.0 Å². The normalized spacial score (nSPS) is 13.0. The third kappa shape index (κ3) is 11.1. The SMILES string of the molecule is Cc1cc(C(=O)c2ccccc2)ccc1Sc1ccc([S+](c2ccc(Cl)cc2)c2ccc(Cl)cc2)cc1.[F][Sb-]([F])([F])([F])([F])[F]. The number of carbonyl (C=O) groups is 1. The van der Waals surface area contributed by atoms with E-state index in [1.54, 1.807) is 11.8 Å². The molecule has 0 aromatic heterocycles. The summed E-state index contributed by atoms with van der Waals surface area (Å²) in [6.45, 7) is 2.05. The molecule has 5 aromatic rings. The van der Waals surface area contributed by atoms with Crippen LogP contribution in [0.5, 0.6) is 0 Å². The van der Waals surface area contributed by atoms with Gasteiger partial charge in [-0.25, -0.2) is 0 Å². The molecular formula is C32H23Cl2F6OS2Sb. The second-order valence-electron chi connectivity index (χ2n) is 9.42. The van der Waals surface area contributed by atoms with Gasteiger partial charge >= 0.3 is 36.4 Å². The zero-order chi connectivity index (χ0) is 32.2. The topological polar surface area (TPSA) is 17.1 Å². The molecule has 0 aliphatic carbocycles. The average molecular weight is 794 g/mol. The molecule has 230 valence electrons. The fourth-order valence-electron chi connectivity index (χ4n) is 3.98. The number of halogens is 8. The fraction of sp³-hybridized carbons (Fsp3) is 0.0312. The zero-order valence-corrected chi connectivity index (χ0v) is 28.4. The van der Waals surface area contributed by atoms with E-state index in [-0.39, 0.29) is 16.7 Å². The predicted octanol–water partition coefficient (Wildman–Crippen LogP) is 11.9. The van der Waals surface area contributed by atoms with Gasteiger partial charge < -0.3 is 0 Å². The zero-order valence-electron chi connectivity index (χ0n) is 22.7. The second-order valence-corrected chi connectivity index (χ2v) is 18.9. The van der Waals surface area contributed by atoms with Crippen molar-refractivity contribution < 1.29 is 21.7 Å². The Hall–Kier alpha value is -2.55. The number of aryl methyl sites for hydroxylation is 1. The van der Waals surface area contributed by atoms with Crippen molar-refractivity contribution in [2.45, 2.75) is 31.4 Å². The Morgan fingerprint density at radius 2 is 1.05 bits per heavy atom. The van der Waals surface area contributed by atoms with Crippen LogP contribution in [0.2, 0.25) is 10.0 Å². The van der Waals surface area contributed by atoms with Crippen LogP contribution in [0.1, 0.15) is 21.5 Å². The molecular weight excluding hydrogens is 771 g/mol. The quantitative estimate of drug-likeness (QED) is 0.0707. The van der Waals surface area contributed by atoms with Crippen LogP contribution >= 0.6 is 35.0 Å². The van der Waals surface area contributed by atoms with E-state index < -0.39 is 19.5 Å². The summed E-state index contributed by atoms with van der Waals surface area (Å²) in [4.78, 5) is 18.7. The Balaban J connectivity index is 0.000000566. The fourth-order valence-corrected chi connectivity index (χ4v) is 7.16. The van der Waals surface area contributed by atoms with Gasteiger partial charge in [-0.15, -0.1) is 0 Å². The van der Waals surface area contributed by atoms with Gasteiger partial charge in [-0.2, -0.15) is 0 Å². The van der Waals surface area contributed by atoms with Crippen molar-refractivity contribution in [3.05, 3.63) is 148 Å². The van der Waals surface area contributed by atoms with Crippen molar-refractivity contribution in [2.75, 3.05) is 0 Å². The molecule has 0 saturated carbocycles. The van der Waals surface area contributed by atoms with Crippen LogP contribution < -0.4 is 0 Å². The van der Waals surface area contributed by atoms with E-state index >= 15 is 0 Å². The molecule has 5 rings (SSSR count). The Labute approximate surface area is 270 Å². The van der Waals surface area contributed by atoms with Gasteiger partial charge in [-0.3, -0.25) is 4.79 Å². The molecule has 0 aliphatic rings. The van der Waals surface area contributed by atoms with Crippen molar-refractivity contribution >= 4 is 71.1 Å². The first-order chi connectivity index (χ1) is 20.4. The molecule has 0 aliphatic heterocycles. The Morgan fingerprint density at radius 3 is 1.48 bits per heavy atom. The molecule has 0 radical (unpaired) electrons. The molecule has 0 bridgehead atoms. The van der Waals surface area contributed by atoms with Gasteiger partial charge in [0.2, 0.25) is 0 Å². The summed E-state index contributed by atoms with van der Waals surface area (Å²) in [5, 5.41) is 1.45. The number of hydrogen-bond acceptors (Lipinski definition) is 2. The molecule has 0 amide bonds. The predicted molar refractivity (Wildman–Crippen MR) is 169 cm³/mol. The minimum atomic E-state index is -11.2. The summed E-state index contributed by atoms with van der Waals surface area (Å²) in [7, 11) is -0.281. The Morgan fingerprint density at radius 1 is 0.614 bits per heavy atom. The van der Waals surface area contributed by atoms with E-state index in [0.717, 1.165) is 25.4 Å². The van der Waals surface area contributed by atoms with Gasteiger partial charge in [-0.1, -0.05) is 65.3 Å². The van der Waals surface area contributed by atoms with E-state index in [1.807, 2.05) is 72.8 Å². The van der Waals surface area contributed by atoms with Crippen LogP contribution in [0.25, 0.3) is 0 Å². The first-order valence-electron chi connectivity index (χ1n) is 12.7. The molecule has 0 fully saturated rings. The first-order valence-corrected chi connectivity index (χ1v) is 21.3. The molecule has 0 N–H and O–H groups in total. The number of hydrogen-bond donors (Lipinski definition) is 0. The van der Waals surface area contributed by atoms with Gasteiger partial charge in [0.05, 0.1) is 10.9 Å². The van der Waals surface area contributed by atoms with Gasteiger partial charge in [-0.05, 0) is 103 Å². The summed E-state index contributed by atoms with van der Waals surface area (Å²) in [5.41, 5.74) is 2.49. The average Bonchev–Trinajstić information content (AvgIpc) is 2.95. The van der Waals surface area contributed by atoms with Crippen LogP contribution in [0.15, 0.2) is 146 Å². The maximum absolute atomic E-state index is 12.8. The first kappa shape index (κ1) is 34.3. The molecule has 5 aromatic carbocycles. The van der Waals surface area contributed by atoms with Crippen molar-refractivity contribution in [1.29, 1.82) is 0 Å². The van der Waals surface area contributed by atoms with Crippen molar-refractivity contribution in [2.24, 2.45) is 0 Å². The van der Waals surface area contributed by atoms with E-state index in [1.165, 1.54) is 14.7 Å². The number of rotatable bonds is 7.